The predicted octanol–water partition coefficient (Wildman–Crippen LogP) is 0.744. The van der Waals surface area contributed by atoms with Crippen molar-refractivity contribution in [3.63, 3.8) is 0 Å². The Labute approximate surface area is 118 Å². The third-order valence-electron chi connectivity index (χ3n) is 3.55. The molecule has 21 heavy (non-hydrogen) atoms. The summed E-state index contributed by atoms with van der Waals surface area (Å²) in [6.45, 7) is -0.379. The van der Waals surface area contributed by atoms with Gasteiger partial charge < -0.3 is 21.3 Å². The van der Waals surface area contributed by atoms with Crippen LogP contribution in [0.1, 0.15) is 24.6 Å². The van der Waals surface area contributed by atoms with E-state index in [0.717, 1.165) is 0 Å². The first-order valence-corrected chi connectivity index (χ1v) is 6.34. The van der Waals surface area contributed by atoms with Crippen molar-refractivity contribution in [2.45, 2.75) is 24.7 Å². The van der Waals surface area contributed by atoms with Gasteiger partial charge in [0.2, 0.25) is 5.95 Å². The van der Waals surface area contributed by atoms with E-state index in [1.165, 1.54) is 0 Å². The summed E-state index contributed by atoms with van der Waals surface area (Å²) in [5, 5.41) is 17.1. The number of aliphatic hydroxyl groups excluding tert-OH is 1. The first-order chi connectivity index (χ1) is 10.1. The zero-order valence-electron chi connectivity index (χ0n) is 11.0. The average Bonchev–Trinajstić information content (AvgIpc) is 3.04. The number of nitrogens with two attached hydrogens (primary N) is 2. The van der Waals surface area contributed by atoms with Crippen molar-refractivity contribution in [2.24, 2.45) is 5.11 Å². The number of nitrogens with zero attached hydrogens (tertiary/aromatic N) is 6. The minimum absolute atomic E-state index is 0.0546. The molecule has 0 unspecified atom stereocenters. The standard InChI is InChI=1S/C11H14N8O2/c12-9-7-2-1-6(19(7)16-10(13)15-9)8-3-4-11(5-20,21-8)17-18-14/h1-2,8,20H,3-5H2,(H4,12,13,15,16)/t8-,11+/m1/s1. The third kappa shape index (κ3) is 2.11. The van der Waals surface area contributed by atoms with Crippen molar-refractivity contribution in [3.8, 4) is 0 Å². The fourth-order valence-corrected chi connectivity index (χ4v) is 2.55. The summed E-state index contributed by atoms with van der Waals surface area (Å²) in [6, 6.07) is 3.56. The molecule has 1 aliphatic rings. The number of hydrogen-bond acceptors (Lipinski definition) is 7. The molecule has 0 spiro atoms. The SMILES string of the molecule is [N-]=[N+]=N[C@@]1(CO)CC[C@H](c2ccc3c(N)nc(N)nn23)O1. The molecular formula is C11H14N8O2. The maximum absolute atomic E-state index is 9.40. The molecule has 5 N–H and O–H groups in total. The van der Waals surface area contributed by atoms with Crippen LogP contribution in [0.25, 0.3) is 16.0 Å². The van der Waals surface area contributed by atoms with Gasteiger partial charge in [-0.2, -0.15) is 4.98 Å². The van der Waals surface area contributed by atoms with Crippen molar-refractivity contribution < 1.29 is 9.84 Å². The van der Waals surface area contributed by atoms with Crippen molar-refractivity contribution in [3.05, 3.63) is 28.3 Å². The van der Waals surface area contributed by atoms with Gasteiger partial charge in [-0.05, 0) is 30.5 Å². The van der Waals surface area contributed by atoms with Crippen LogP contribution in [0.4, 0.5) is 11.8 Å². The van der Waals surface area contributed by atoms with Gasteiger partial charge in [0.1, 0.15) is 11.6 Å². The normalized spacial score (nSPS) is 25.1. The highest BCUT2D eigenvalue weighted by atomic mass is 16.5. The van der Waals surface area contributed by atoms with E-state index < -0.39 is 5.72 Å². The van der Waals surface area contributed by atoms with Crippen molar-refractivity contribution >= 4 is 17.3 Å². The van der Waals surface area contributed by atoms with Crippen molar-refractivity contribution in [1.82, 2.24) is 14.6 Å². The monoisotopic (exact) mass is 290 g/mol. The Morgan fingerprint density at radius 2 is 2.38 bits per heavy atom. The number of anilines is 2. The second-order valence-electron chi connectivity index (χ2n) is 4.85. The van der Waals surface area contributed by atoms with E-state index in [2.05, 4.69) is 20.1 Å². The van der Waals surface area contributed by atoms with Gasteiger partial charge in [-0.1, -0.05) is 5.11 Å². The fraction of sp³-hybridized carbons (Fsp3) is 0.455. The van der Waals surface area contributed by atoms with Crippen LogP contribution in [0.5, 0.6) is 0 Å². The number of fused-ring (bicyclic) bond motifs is 1. The summed E-state index contributed by atoms with van der Waals surface area (Å²) in [4.78, 5) is 6.63. The molecule has 1 aliphatic heterocycles. The molecule has 0 radical (unpaired) electrons. The highest BCUT2D eigenvalue weighted by Gasteiger charge is 2.41. The van der Waals surface area contributed by atoms with Gasteiger partial charge in [-0.25, -0.2) is 4.52 Å². The Kier molecular flexibility index (Phi) is 3.05. The molecule has 0 amide bonds. The lowest BCUT2D eigenvalue weighted by Crippen LogP contribution is -2.29. The number of hydrogen-bond donors (Lipinski definition) is 3. The number of azide groups is 1. The number of aliphatic hydroxyl groups is 1. The van der Waals surface area contributed by atoms with Gasteiger partial charge in [0, 0.05) is 4.91 Å². The first-order valence-electron chi connectivity index (χ1n) is 6.34. The lowest BCUT2D eigenvalue weighted by atomic mass is 10.1. The summed E-state index contributed by atoms with van der Waals surface area (Å²) in [6.07, 6.45) is 0.621. The molecule has 2 aromatic heterocycles. The summed E-state index contributed by atoms with van der Waals surface area (Å²) in [7, 11) is 0. The summed E-state index contributed by atoms with van der Waals surface area (Å²) in [5.41, 5.74) is 20.1. The number of ether oxygens (including phenoxy) is 1. The average molecular weight is 290 g/mol. The smallest absolute Gasteiger partial charge is 0.240 e. The quantitative estimate of drug-likeness (QED) is 0.429. The molecule has 10 nitrogen and oxygen atoms in total. The van der Waals surface area contributed by atoms with Gasteiger partial charge >= 0.3 is 0 Å². The van der Waals surface area contributed by atoms with Gasteiger partial charge in [-0.15, -0.1) is 5.10 Å². The number of nitrogen functional groups attached to an aromatic ring is 2. The summed E-state index contributed by atoms with van der Waals surface area (Å²) in [5.74, 6) is 0.328. The van der Waals surface area contributed by atoms with E-state index >= 15 is 0 Å². The molecule has 1 saturated heterocycles. The number of aromatic nitrogens is 3. The molecule has 10 heteroatoms. The predicted molar refractivity (Wildman–Crippen MR) is 73.8 cm³/mol. The molecule has 2 aromatic rings. The van der Waals surface area contributed by atoms with Crippen molar-refractivity contribution in [1.29, 1.82) is 0 Å². The Morgan fingerprint density at radius 1 is 1.57 bits per heavy atom. The van der Waals surface area contributed by atoms with Crippen LogP contribution in [0.3, 0.4) is 0 Å². The molecule has 3 heterocycles. The van der Waals surface area contributed by atoms with E-state index in [9.17, 15) is 5.11 Å². The zero-order valence-corrected chi connectivity index (χ0v) is 11.0. The Hall–Kier alpha value is -2.55. The van der Waals surface area contributed by atoms with Crippen molar-refractivity contribution in [2.75, 3.05) is 18.1 Å². The molecule has 2 atom stereocenters. The summed E-state index contributed by atoms with van der Waals surface area (Å²) >= 11 is 0. The van der Waals surface area contributed by atoms with Gasteiger partial charge in [0.05, 0.1) is 12.3 Å². The van der Waals surface area contributed by atoms with E-state index in [4.69, 9.17) is 21.7 Å². The van der Waals surface area contributed by atoms with Crippen LogP contribution in [-0.2, 0) is 4.74 Å². The molecule has 110 valence electrons. The zero-order chi connectivity index (χ0) is 15.0. The maximum atomic E-state index is 9.40. The largest absolute Gasteiger partial charge is 0.393 e. The molecule has 0 aromatic carbocycles. The number of rotatable bonds is 3. The molecule has 0 saturated carbocycles. The molecule has 0 aliphatic carbocycles. The lowest BCUT2D eigenvalue weighted by molar-refractivity contribution is -0.0713. The second-order valence-corrected chi connectivity index (χ2v) is 4.85. The maximum Gasteiger partial charge on any atom is 0.240 e. The molecule has 1 fully saturated rings. The van der Waals surface area contributed by atoms with E-state index in [1.54, 1.807) is 16.6 Å². The summed E-state index contributed by atoms with van der Waals surface area (Å²) < 4.78 is 7.30. The fourth-order valence-electron chi connectivity index (χ4n) is 2.55. The minimum atomic E-state index is -1.23. The Bertz CT molecular complexity index is 737. The first kappa shape index (κ1) is 13.4. The Morgan fingerprint density at radius 3 is 3.10 bits per heavy atom. The highest BCUT2D eigenvalue weighted by molar-refractivity contribution is 5.66. The van der Waals surface area contributed by atoms with E-state index in [-0.39, 0.29) is 24.5 Å². The molecule has 0 bridgehead atoms. The minimum Gasteiger partial charge on any atom is -0.393 e. The van der Waals surface area contributed by atoms with E-state index in [0.29, 0.717) is 24.1 Å². The lowest BCUT2D eigenvalue weighted by Gasteiger charge is -2.21. The van der Waals surface area contributed by atoms with Gasteiger partial charge in [0.15, 0.2) is 11.5 Å². The van der Waals surface area contributed by atoms with Gasteiger partial charge in [-0.3, -0.25) is 0 Å². The highest BCUT2D eigenvalue weighted by Crippen LogP contribution is 2.40. The van der Waals surface area contributed by atoms with Crippen LogP contribution in [0.2, 0.25) is 0 Å². The van der Waals surface area contributed by atoms with Crippen LogP contribution >= 0.6 is 0 Å². The van der Waals surface area contributed by atoms with Crippen LogP contribution in [0, 0.1) is 0 Å². The molecular weight excluding hydrogens is 276 g/mol. The van der Waals surface area contributed by atoms with Gasteiger partial charge in [0.25, 0.3) is 0 Å². The molecule has 3 rings (SSSR count). The second kappa shape index (κ2) is 4.77. The Balaban J connectivity index is 2.01. The van der Waals surface area contributed by atoms with Crippen LogP contribution in [0.15, 0.2) is 17.2 Å². The topological polar surface area (TPSA) is 160 Å². The van der Waals surface area contributed by atoms with Crippen LogP contribution in [-0.4, -0.2) is 32.0 Å². The van der Waals surface area contributed by atoms with E-state index in [1.807, 2.05) is 0 Å². The van der Waals surface area contributed by atoms with Crippen LogP contribution < -0.4 is 11.5 Å². The third-order valence-corrected chi connectivity index (χ3v) is 3.55.